The Morgan fingerprint density at radius 3 is 2.48 bits per heavy atom. The van der Waals surface area contributed by atoms with Gasteiger partial charge in [0.1, 0.15) is 11.6 Å². The highest BCUT2D eigenvalue weighted by atomic mass is 32.2. The zero-order chi connectivity index (χ0) is 16.6. The molecule has 1 N–H and O–H groups in total. The van der Waals surface area contributed by atoms with Crippen molar-refractivity contribution >= 4 is 21.7 Å². The second-order valence-electron chi connectivity index (χ2n) is 4.90. The van der Waals surface area contributed by atoms with E-state index in [1.54, 1.807) is 12.1 Å². The van der Waals surface area contributed by atoms with Gasteiger partial charge in [0.05, 0.1) is 17.1 Å². The lowest BCUT2D eigenvalue weighted by Gasteiger charge is -2.33. The maximum atomic E-state index is 13.0. The van der Waals surface area contributed by atoms with E-state index in [1.165, 1.54) is 12.1 Å². The Morgan fingerprint density at radius 1 is 1.17 bits per heavy atom. The Bertz CT molecular complexity index is 850. The molecule has 0 aliphatic carbocycles. The number of carbonyl (C=O) groups is 1. The molecule has 0 amide bonds. The lowest BCUT2D eigenvalue weighted by Crippen LogP contribution is -2.47. The van der Waals surface area contributed by atoms with Gasteiger partial charge in [0.15, 0.2) is 0 Å². The molecule has 1 heterocycles. The normalized spacial score (nSPS) is 17.3. The molecule has 3 rings (SSSR count). The third-order valence-electron chi connectivity index (χ3n) is 3.41. The van der Waals surface area contributed by atoms with Gasteiger partial charge in [0.2, 0.25) is 6.10 Å². The fraction of sp³-hybridized carbons (Fsp3) is 0.133. The highest BCUT2D eigenvalue weighted by Crippen LogP contribution is 2.36. The Balaban J connectivity index is 2.10. The fourth-order valence-corrected chi connectivity index (χ4v) is 3.77. The summed E-state index contributed by atoms with van der Waals surface area (Å²) in [5, 5.41) is 9.16. The van der Waals surface area contributed by atoms with Crippen molar-refractivity contribution in [3.05, 3.63) is 54.3 Å². The van der Waals surface area contributed by atoms with Crippen LogP contribution >= 0.6 is 0 Å². The minimum absolute atomic E-state index is 0.125. The van der Waals surface area contributed by atoms with Crippen LogP contribution in [0.15, 0.2) is 53.4 Å². The largest absolute Gasteiger partial charge is 0.478 e. The molecule has 0 bridgehead atoms. The summed E-state index contributed by atoms with van der Waals surface area (Å²) in [6.45, 7) is -0.369. The lowest BCUT2D eigenvalue weighted by molar-refractivity contribution is -0.144. The predicted octanol–water partition coefficient (Wildman–Crippen LogP) is 1.87. The molecule has 8 heteroatoms. The van der Waals surface area contributed by atoms with Gasteiger partial charge in [-0.3, -0.25) is 4.31 Å². The van der Waals surface area contributed by atoms with Crippen molar-refractivity contribution in [2.75, 3.05) is 10.8 Å². The zero-order valence-corrected chi connectivity index (χ0v) is 12.5. The molecule has 0 spiro atoms. The average Bonchev–Trinajstić information content (AvgIpc) is 2.54. The second kappa shape index (κ2) is 5.54. The number of sulfonamides is 1. The Labute approximate surface area is 131 Å². The third-order valence-corrected chi connectivity index (χ3v) is 5.21. The minimum Gasteiger partial charge on any atom is -0.478 e. The van der Waals surface area contributed by atoms with Gasteiger partial charge >= 0.3 is 5.97 Å². The van der Waals surface area contributed by atoms with E-state index >= 15 is 0 Å². The summed E-state index contributed by atoms with van der Waals surface area (Å²) in [5.74, 6) is -1.66. The van der Waals surface area contributed by atoms with Gasteiger partial charge in [0.25, 0.3) is 10.0 Å². The summed E-state index contributed by atoms with van der Waals surface area (Å²) in [7, 11) is -4.04. The Hall–Kier alpha value is -2.61. The van der Waals surface area contributed by atoms with E-state index in [9.17, 15) is 17.6 Å². The average molecular weight is 337 g/mol. The van der Waals surface area contributed by atoms with Crippen LogP contribution in [0.5, 0.6) is 5.75 Å². The van der Waals surface area contributed by atoms with Gasteiger partial charge in [-0.15, -0.1) is 0 Å². The molecular weight excluding hydrogens is 325 g/mol. The maximum absolute atomic E-state index is 13.0. The van der Waals surface area contributed by atoms with E-state index < -0.39 is 27.9 Å². The molecule has 1 aliphatic heterocycles. The highest BCUT2D eigenvalue weighted by molar-refractivity contribution is 7.92. The van der Waals surface area contributed by atoms with E-state index in [4.69, 9.17) is 9.84 Å². The Kier molecular flexibility index (Phi) is 3.69. The molecule has 0 saturated heterocycles. The van der Waals surface area contributed by atoms with Gasteiger partial charge in [-0.1, -0.05) is 12.1 Å². The summed E-state index contributed by atoms with van der Waals surface area (Å²) in [5.41, 5.74) is 0.245. The number of aliphatic carboxylic acids is 1. The number of halogens is 1. The van der Waals surface area contributed by atoms with E-state index in [0.29, 0.717) is 0 Å². The van der Waals surface area contributed by atoms with Crippen molar-refractivity contribution < 1.29 is 27.4 Å². The summed E-state index contributed by atoms with van der Waals surface area (Å²) < 4.78 is 44.9. The molecule has 0 aromatic heterocycles. The number of ether oxygens (including phenoxy) is 1. The molecule has 23 heavy (non-hydrogen) atoms. The highest BCUT2D eigenvalue weighted by Gasteiger charge is 2.37. The first kappa shape index (κ1) is 15.3. The lowest BCUT2D eigenvalue weighted by atomic mass is 10.2. The predicted molar refractivity (Wildman–Crippen MR) is 79.4 cm³/mol. The molecule has 1 unspecified atom stereocenters. The number of hydrogen-bond donors (Lipinski definition) is 1. The number of para-hydroxylation sites is 2. The van der Waals surface area contributed by atoms with Gasteiger partial charge < -0.3 is 9.84 Å². The number of benzene rings is 2. The minimum atomic E-state index is -4.04. The molecule has 0 radical (unpaired) electrons. The third kappa shape index (κ3) is 2.72. The fourth-order valence-electron chi connectivity index (χ4n) is 2.29. The van der Waals surface area contributed by atoms with Crippen LogP contribution in [-0.4, -0.2) is 32.1 Å². The maximum Gasteiger partial charge on any atom is 0.346 e. The van der Waals surface area contributed by atoms with Gasteiger partial charge in [-0.25, -0.2) is 17.6 Å². The molecular formula is C15H12FNO5S. The number of carboxylic acid groups (broad SMARTS) is 1. The number of nitrogens with zero attached hydrogens (tertiary/aromatic N) is 1. The molecule has 2 aromatic rings. The molecule has 6 nitrogen and oxygen atoms in total. The van der Waals surface area contributed by atoms with Crippen LogP contribution in [-0.2, 0) is 14.8 Å². The van der Waals surface area contributed by atoms with Crippen LogP contribution in [0.3, 0.4) is 0 Å². The van der Waals surface area contributed by atoms with Crippen LogP contribution in [0.2, 0.25) is 0 Å². The molecule has 2 aromatic carbocycles. The molecule has 120 valence electrons. The van der Waals surface area contributed by atoms with E-state index in [-0.39, 0.29) is 22.9 Å². The SMILES string of the molecule is O=C(O)C1CN(S(=O)(=O)c2ccc(F)cc2)c2ccccc2O1. The van der Waals surface area contributed by atoms with Crippen molar-refractivity contribution in [3.8, 4) is 5.75 Å². The van der Waals surface area contributed by atoms with Gasteiger partial charge in [-0.05, 0) is 36.4 Å². The second-order valence-corrected chi connectivity index (χ2v) is 6.76. The van der Waals surface area contributed by atoms with Crippen LogP contribution in [0, 0.1) is 5.82 Å². The first-order valence-corrected chi connectivity index (χ1v) is 8.10. The molecule has 0 saturated carbocycles. The molecule has 0 fully saturated rings. The number of hydrogen-bond acceptors (Lipinski definition) is 4. The van der Waals surface area contributed by atoms with Gasteiger partial charge in [0, 0.05) is 0 Å². The molecule has 1 atom stereocenters. The number of carboxylic acids is 1. The van der Waals surface area contributed by atoms with E-state index in [2.05, 4.69) is 0 Å². The quantitative estimate of drug-likeness (QED) is 0.924. The van der Waals surface area contributed by atoms with E-state index in [0.717, 1.165) is 28.6 Å². The van der Waals surface area contributed by atoms with Crippen molar-refractivity contribution in [2.45, 2.75) is 11.0 Å². The summed E-state index contributed by atoms with van der Waals surface area (Å²) >= 11 is 0. The number of anilines is 1. The molecule has 1 aliphatic rings. The zero-order valence-electron chi connectivity index (χ0n) is 11.7. The summed E-state index contributed by atoms with van der Waals surface area (Å²) in [4.78, 5) is 11.1. The van der Waals surface area contributed by atoms with Crippen molar-refractivity contribution in [2.24, 2.45) is 0 Å². The first-order valence-electron chi connectivity index (χ1n) is 6.66. The standard InChI is InChI=1S/C15H12FNO5S/c16-10-5-7-11(8-6-10)23(20,21)17-9-14(15(18)19)22-13-4-2-1-3-12(13)17/h1-8,14H,9H2,(H,18,19). The van der Waals surface area contributed by atoms with Crippen LogP contribution in [0.25, 0.3) is 0 Å². The van der Waals surface area contributed by atoms with Crippen molar-refractivity contribution in [3.63, 3.8) is 0 Å². The smallest absolute Gasteiger partial charge is 0.346 e. The number of rotatable bonds is 3. The topological polar surface area (TPSA) is 83.9 Å². The Morgan fingerprint density at radius 2 is 1.83 bits per heavy atom. The van der Waals surface area contributed by atoms with Crippen molar-refractivity contribution in [1.29, 1.82) is 0 Å². The number of fused-ring (bicyclic) bond motifs is 1. The van der Waals surface area contributed by atoms with Crippen molar-refractivity contribution in [1.82, 2.24) is 0 Å². The van der Waals surface area contributed by atoms with Gasteiger partial charge in [-0.2, -0.15) is 0 Å². The van der Waals surface area contributed by atoms with Crippen LogP contribution < -0.4 is 9.04 Å². The van der Waals surface area contributed by atoms with Crippen LogP contribution in [0.4, 0.5) is 10.1 Å². The summed E-state index contributed by atoms with van der Waals surface area (Å²) in [6, 6.07) is 10.6. The monoisotopic (exact) mass is 337 g/mol. The van der Waals surface area contributed by atoms with Crippen LogP contribution in [0.1, 0.15) is 0 Å². The summed E-state index contributed by atoms with van der Waals surface area (Å²) in [6.07, 6.45) is -1.32. The first-order chi connectivity index (χ1) is 10.9. The van der Waals surface area contributed by atoms with E-state index in [1.807, 2.05) is 0 Å².